The minimum atomic E-state index is -0.580. The largest absolute Gasteiger partial charge is 0.390 e. The van der Waals surface area contributed by atoms with E-state index in [2.05, 4.69) is 6.07 Å². The van der Waals surface area contributed by atoms with Crippen LogP contribution in [0.5, 0.6) is 0 Å². The molecule has 1 heterocycles. The van der Waals surface area contributed by atoms with Crippen LogP contribution in [0.3, 0.4) is 0 Å². The maximum absolute atomic E-state index is 12.6. The van der Waals surface area contributed by atoms with Gasteiger partial charge in [-0.2, -0.15) is 5.26 Å². The van der Waals surface area contributed by atoms with Gasteiger partial charge in [-0.3, -0.25) is 4.79 Å². The molecule has 126 valence electrons. The Balaban J connectivity index is 1.48. The monoisotopic (exact) mass is 337 g/mol. The molecule has 5 fully saturated rings. The molecule has 0 aromatic carbocycles. The predicted octanol–water partition coefficient (Wildman–Crippen LogP) is 2.04. The number of hydrogen-bond acceptors (Lipinski definition) is 4. The maximum atomic E-state index is 12.6. The zero-order chi connectivity index (χ0) is 16.2. The van der Waals surface area contributed by atoms with Crippen molar-refractivity contribution in [2.45, 2.75) is 68.5 Å². The van der Waals surface area contributed by atoms with Crippen LogP contribution in [-0.4, -0.2) is 50.6 Å². The van der Waals surface area contributed by atoms with Gasteiger partial charge < -0.3 is 10.0 Å². The van der Waals surface area contributed by atoms with Crippen LogP contribution in [0.15, 0.2) is 0 Å². The van der Waals surface area contributed by atoms with E-state index in [9.17, 15) is 9.90 Å². The van der Waals surface area contributed by atoms with Gasteiger partial charge in [0.25, 0.3) is 0 Å². The maximum Gasteiger partial charge on any atom is 0.239 e. The number of nitrogens with zero attached hydrogens (tertiary/aromatic N) is 3. The molecule has 1 aliphatic heterocycles. The molecule has 4 aliphatic carbocycles. The van der Waals surface area contributed by atoms with E-state index in [0.29, 0.717) is 24.8 Å². The van der Waals surface area contributed by atoms with Gasteiger partial charge in [0.1, 0.15) is 6.04 Å². The van der Waals surface area contributed by atoms with E-state index in [0.717, 1.165) is 38.5 Å². The Bertz CT molecular complexity index is 547. The number of hydrogen-bond donors (Lipinski definition) is 1. The zero-order valence-corrected chi connectivity index (χ0v) is 14.1. The average Bonchev–Trinajstić information content (AvgIpc) is 2.93. The van der Waals surface area contributed by atoms with Crippen LogP contribution in [0.1, 0.15) is 51.4 Å². The summed E-state index contributed by atoms with van der Waals surface area (Å²) in [4.78, 5) is 14.3. The van der Waals surface area contributed by atoms with Crippen molar-refractivity contribution < 1.29 is 9.90 Å². The summed E-state index contributed by atoms with van der Waals surface area (Å²) in [6.07, 6.45) is 7.31. The van der Waals surface area contributed by atoms with Gasteiger partial charge in [-0.1, -0.05) is 0 Å². The number of nitriles is 1. The molecule has 5 aliphatic rings. The van der Waals surface area contributed by atoms with Crippen molar-refractivity contribution in [3.05, 3.63) is 0 Å². The summed E-state index contributed by atoms with van der Waals surface area (Å²) in [5.41, 5.74) is -0.818. The Morgan fingerprint density at radius 3 is 2.65 bits per heavy atom. The fourth-order valence-corrected chi connectivity index (χ4v) is 6.33. The van der Waals surface area contributed by atoms with Crippen molar-refractivity contribution in [1.29, 1.82) is 5.26 Å². The van der Waals surface area contributed by atoms with Gasteiger partial charge in [-0.15, -0.1) is 0 Å². The highest BCUT2D eigenvalue weighted by atomic mass is 35.5. The Morgan fingerprint density at radius 2 is 2.04 bits per heavy atom. The summed E-state index contributed by atoms with van der Waals surface area (Å²) in [7, 11) is 0. The number of rotatable bonds is 3. The fraction of sp³-hybridized carbons (Fsp3) is 0.882. The Labute approximate surface area is 142 Å². The minimum Gasteiger partial charge on any atom is -0.390 e. The van der Waals surface area contributed by atoms with Crippen molar-refractivity contribution in [2.75, 3.05) is 13.1 Å². The molecular formula is C17H24ClN3O2. The summed E-state index contributed by atoms with van der Waals surface area (Å²) in [6, 6.07) is 1.92. The van der Waals surface area contributed by atoms with Gasteiger partial charge in [0, 0.05) is 12.1 Å². The van der Waals surface area contributed by atoms with Crippen LogP contribution in [0, 0.1) is 23.2 Å². The van der Waals surface area contributed by atoms with Gasteiger partial charge in [0.05, 0.1) is 18.2 Å². The number of aliphatic hydroxyl groups is 1. The highest BCUT2D eigenvalue weighted by molar-refractivity contribution is 6.15. The molecule has 23 heavy (non-hydrogen) atoms. The average molecular weight is 338 g/mol. The van der Waals surface area contributed by atoms with E-state index in [4.69, 9.17) is 17.0 Å². The van der Waals surface area contributed by atoms with Crippen LogP contribution in [0.4, 0.5) is 0 Å². The second kappa shape index (κ2) is 5.34. The van der Waals surface area contributed by atoms with Crippen LogP contribution in [0.25, 0.3) is 0 Å². The molecule has 1 saturated heterocycles. The molecule has 4 saturated carbocycles. The van der Waals surface area contributed by atoms with Crippen LogP contribution >= 0.6 is 11.8 Å². The molecule has 0 aromatic heterocycles. The lowest BCUT2D eigenvalue weighted by Gasteiger charge is -2.61. The molecule has 5 nitrogen and oxygen atoms in total. The Kier molecular flexibility index (Phi) is 3.64. The van der Waals surface area contributed by atoms with E-state index in [1.165, 1.54) is 6.42 Å². The van der Waals surface area contributed by atoms with E-state index >= 15 is 0 Å². The molecule has 1 amide bonds. The van der Waals surface area contributed by atoms with Crippen molar-refractivity contribution in [3.63, 3.8) is 0 Å². The second-order valence-corrected chi connectivity index (χ2v) is 8.71. The molecule has 5 atom stereocenters. The number of likely N-dealkylation sites (tertiary alicyclic amines) is 1. The number of halogens is 1. The first kappa shape index (κ1) is 15.7. The summed E-state index contributed by atoms with van der Waals surface area (Å²) in [5, 5.41) is 20.0. The van der Waals surface area contributed by atoms with Crippen LogP contribution in [-0.2, 0) is 4.79 Å². The third-order valence-corrected chi connectivity index (χ3v) is 6.99. The normalized spacial score (nSPS) is 44.8. The van der Waals surface area contributed by atoms with E-state index in [1.54, 1.807) is 9.32 Å². The molecular weight excluding hydrogens is 314 g/mol. The molecule has 0 spiro atoms. The molecule has 0 radical (unpaired) electrons. The van der Waals surface area contributed by atoms with Crippen molar-refractivity contribution in [1.82, 2.24) is 9.32 Å². The molecule has 2 unspecified atom stereocenters. The summed E-state index contributed by atoms with van der Waals surface area (Å²) in [5.74, 6) is 1.03. The highest BCUT2D eigenvalue weighted by Gasteiger charge is 2.59. The smallest absolute Gasteiger partial charge is 0.239 e. The summed E-state index contributed by atoms with van der Waals surface area (Å²) >= 11 is 6.62. The first-order valence-corrected chi connectivity index (χ1v) is 9.12. The lowest BCUT2D eigenvalue weighted by atomic mass is 9.51. The number of carbonyl (C=O) groups is 1. The first-order valence-electron chi connectivity index (χ1n) is 8.78. The third kappa shape index (κ3) is 2.56. The van der Waals surface area contributed by atoms with Gasteiger partial charge in [0.2, 0.25) is 5.91 Å². The van der Waals surface area contributed by atoms with Gasteiger partial charge >= 0.3 is 0 Å². The Morgan fingerprint density at radius 1 is 1.35 bits per heavy atom. The van der Waals surface area contributed by atoms with Gasteiger partial charge in [-0.05, 0) is 75.0 Å². The quantitative estimate of drug-likeness (QED) is 0.800. The summed E-state index contributed by atoms with van der Waals surface area (Å²) in [6.45, 7) is 0.805. The predicted molar refractivity (Wildman–Crippen MR) is 85.3 cm³/mol. The van der Waals surface area contributed by atoms with Crippen LogP contribution in [0.2, 0.25) is 0 Å². The van der Waals surface area contributed by atoms with Crippen LogP contribution < -0.4 is 0 Å². The van der Waals surface area contributed by atoms with Gasteiger partial charge in [-0.25, -0.2) is 4.42 Å². The third-order valence-electron chi connectivity index (χ3n) is 6.51. The minimum absolute atomic E-state index is 0.0493. The van der Waals surface area contributed by atoms with Crippen molar-refractivity contribution in [2.24, 2.45) is 11.8 Å². The Hall–Kier alpha value is -0.830. The van der Waals surface area contributed by atoms with E-state index < -0.39 is 5.60 Å². The zero-order valence-electron chi connectivity index (χ0n) is 13.4. The SMILES string of the molecule is N#C[C@@H]1CCCN1C(=O)CN(Cl)C12C[C@@H]3C[C@@H](CC(O)(C3)C1)C2. The molecule has 6 heteroatoms. The van der Waals surface area contributed by atoms with Crippen molar-refractivity contribution >= 4 is 17.7 Å². The molecule has 5 rings (SSSR count). The van der Waals surface area contributed by atoms with Gasteiger partial charge in [0.15, 0.2) is 0 Å². The number of amides is 1. The first-order chi connectivity index (χ1) is 10.9. The fourth-order valence-electron chi connectivity index (χ4n) is 6.03. The van der Waals surface area contributed by atoms with Crippen molar-refractivity contribution in [3.8, 4) is 6.07 Å². The lowest BCUT2D eigenvalue weighted by molar-refractivity contribution is -0.164. The second-order valence-electron chi connectivity index (χ2n) is 8.30. The summed E-state index contributed by atoms with van der Waals surface area (Å²) < 4.78 is 1.69. The van der Waals surface area contributed by atoms with E-state index in [1.807, 2.05) is 0 Å². The molecule has 1 N–H and O–H groups in total. The standard InChI is InChI=1S/C17H24ClN3O2/c18-21(10-15(22)20-3-1-2-14(20)9-19)16-5-12-4-13(6-16)8-17(23,7-12)11-16/h12-14,23H,1-8,10-11H2/t12-,13+,14-,16?,17?/m0/s1. The topological polar surface area (TPSA) is 67.6 Å². The molecule has 4 bridgehead atoms. The van der Waals surface area contributed by atoms with E-state index in [-0.39, 0.29) is 24.0 Å². The molecule has 0 aromatic rings. The lowest BCUT2D eigenvalue weighted by Crippen LogP contribution is -2.64. The highest BCUT2D eigenvalue weighted by Crippen LogP contribution is 2.59. The number of carbonyl (C=O) groups excluding carboxylic acids is 1.